The molecular formula is C14H30N2S. The SMILES string of the molecule is CCCNC1CCN(C(C)CSCC)CC1C. The highest BCUT2D eigenvalue weighted by atomic mass is 32.2. The molecule has 1 heterocycles. The highest BCUT2D eigenvalue weighted by Crippen LogP contribution is 2.20. The molecule has 0 aromatic carbocycles. The number of hydrogen-bond acceptors (Lipinski definition) is 3. The van der Waals surface area contributed by atoms with Gasteiger partial charge in [-0.25, -0.2) is 0 Å². The molecule has 3 unspecified atom stereocenters. The maximum atomic E-state index is 3.69. The molecule has 0 saturated carbocycles. The highest BCUT2D eigenvalue weighted by Gasteiger charge is 2.27. The summed E-state index contributed by atoms with van der Waals surface area (Å²) in [5.41, 5.74) is 0. The van der Waals surface area contributed by atoms with Gasteiger partial charge in [-0.15, -0.1) is 0 Å². The Balaban J connectivity index is 2.30. The van der Waals surface area contributed by atoms with Crippen molar-refractivity contribution in [2.24, 2.45) is 5.92 Å². The molecule has 1 rings (SSSR count). The molecule has 1 fully saturated rings. The second-order valence-electron chi connectivity index (χ2n) is 5.33. The van der Waals surface area contributed by atoms with Gasteiger partial charge in [-0.05, 0) is 44.5 Å². The minimum absolute atomic E-state index is 0.745. The summed E-state index contributed by atoms with van der Waals surface area (Å²) in [7, 11) is 0. The van der Waals surface area contributed by atoms with Crippen LogP contribution in [0.4, 0.5) is 0 Å². The van der Waals surface area contributed by atoms with Crippen LogP contribution in [0.3, 0.4) is 0 Å². The summed E-state index contributed by atoms with van der Waals surface area (Å²) < 4.78 is 0. The molecule has 1 aliphatic rings. The van der Waals surface area contributed by atoms with Crippen LogP contribution in [0.2, 0.25) is 0 Å². The van der Waals surface area contributed by atoms with Gasteiger partial charge in [-0.3, -0.25) is 4.90 Å². The normalized spacial score (nSPS) is 28.2. The van der Waals surface area contributed by atoms with Crippen LogP contribution < -0.4 is 5.32 Å². The first-order valence-electron chi connectivity index (χ1n) is 7.24. The van der Waals surface area contributed by atoms with Gasteiger partial charge in [-0.1, -0.05) is 20.8 Å². The van der Waals surface area contributed by atoms with Crippen LogP contribution in [0.15, 0.2) is 0 Å². The third-order valence-corrected chi connectivity index (χ3v) is 4.91. The zero-order valence-electron chi connectivity index (χ0n) is 12.0. The summed E-state index contributed by atoms with van der Waals surface area (Å²) >= 11 is 2.07. The fourth-order valence-corrected chi connectivity index (χ4v) is 3.39. The van der Waals surface area contributed by atoms with E-state index in [9.17, 15) is 0 Å². The lowest BCUT2D eigenvalue weighted by Crippen LogP contribution is -2.51. The largest absolute Gasteiger partial charge is 0.314 e. The lowest BCUT2D eigenvalue weighted by Gasteiger charge is -2.40. The Kier molecular flexibility index (Phi) is 7.56. The van der Waals surface area contributed by atoms with E-state index >= 15 is 0 Å². The van der Waals surface area contributed by atoms with Crippen molar-refractivity contribution in [2.75, 3.05) is 31.1 Å². The maximum absolute atomic E-state index is 3.69. The first-order chi connectivity index (χ1) is 8.19. The van der Waals surface area contributed by atoms with Crippen LogP contribution in [-0.2, 0) is 0 Å². The predicted molar refractivity (Wildman–Crippen MR) is 79.9 cm³/mol. The van der Waals surface area contributed by atoms with Crippen LogP contribution >= 0.6 is 11.8 Å². The first-order valence-corrected chi connectivity index (χ1v) is 8.39. The van der Waals surface area contributed by atoms with Crippen molar-refractivity contribution in [2.45, 2.75) is 52.6 Å². The van der Waals surface area contributed by atoms with Gasteiger partial charge in [0.05, 0.1) is 0 Å². The van der Waals surface area contributed by atoms with Gasteiger partial charge >= 0.3 is 0 Å². The zero-order valence-corrected chi connectivity index (χ0v) is 12.9. The van der Waals surface area contributed by atoms with Gasteiger partial charge in [0.25, 0.3) is 0 Å². The summed E-state index contributed by atoms with van der Waals surface area (Å²) in [6, 6.07) is 1.49. The lowest BCUT2D eigenvalue weighted by atomic mass is 9.93. The molecule has 17 heavy (non-hydrogen) atoms. The van der Waals surface area contributed by atoms with Gasteiger partial charge in [0.1, 0.15) is 0 Å². The fraction of sp³-hybridized carbons (Fsp3) is 1.00. The maximum Gasteiger partial charge on any atom is 0.0158 e. The third kappa shape index (κ3) is 5.19. The summed E-state index contributed by atoms with van der Waals surface area (Å²) in [6.45, 7) is 13.0. The highest BCUT2D eigenvalue weighted by molar-refractivity contribution is 7.99. The van der Waals surface area contributed by atoms with E-state index in [4.69, 9.17) is 0 Å². The van der Waals surface area contributed by atoms with E-state index in [0.29, 0.717) is 0 Å². The van der Waals surface area contributed by atoms with E-state index in [0.717, 1.165) is 18.0 Å². The molecule has 0 radical (unpaired) electrons. The molecular weight excluding hydrogens is 228 g/mol. The molecule has 102 valence electrons. The van der Waals surface area contributed by atoms with E-state index in [-0.39, 0.29) is 0 Å². The molecule has 3 heteroatoms. The summed E-state index contributed by atoms with van der Waals surface area (Å²) in [5, 5.41) is 3.69. The van der Waals surface area contributed by atoms with Gasteiger partial charge in [-0.2, -0.15) is 11.8 Å². The summed E-state index contributed by atoms with van der Waals surface area (Å²) in [6.07, 6.45) is 2.57. The second kappa shape index (κ2) is 8.39. The number of thioether (sulfide) groups is 1. The minimum Gasteiger partial charge on any atom is -0.314 e. The number of nitrogens with one attached hydrogen (secondary N) is 1. The molecule has 1 aliphatic heterocycles. The molecule has 1 saturated heterocycles. The summed E-state index contributed by atoms with van der Waals surface area (Å²) in [5.74, 6) is 3.33. The minimum atomic E-state index is 0.745. The Labute approximate surface area is 112 Å². The molecule has 2 nitrogen and oxygen atoms in total. The van der Waals surface area contributed by atoms with Crippen molar-refractivity contribution in [3.05, 3.63) is 0 Å². The van der Waals surface area contributed by atoms with Gasteiger partial charge in [0, 0.05) is 24.4 Å². The molecule has 0 aromatic rings. The van der Waals surface area contributed by atoms with E-state index < -0.39 is 0 Å². The van der Waals surface area contributed by atoms with E-state index in [1.165, 1.54) is 44.0 Å². The van der Waals surface area contributed by atoms with Crippen molar-refractivity contribution < 1.29 is 0 Å². The summed E-state index contributed by atoms with van der Waals surface area (Å²) in [4.78, 5) is 2.68. The van der Waals surface area contributed by atoms with Crippen molar-refractivity contribution >= 4 is 11.8 Å². The fourth-order valence-electron chi connectivity index (χ4n) is 2.60. The average Bonchev–Trinajstić information content (AvgIpc) is 2.34. The zero-order chi connectivity index (χ0) is 12.7. The number of rotatable bonds is 7. The number of hydrogen-bond donors (Lipinski definition) is 1. The average molecular weight is 258 g/mol. The first kappa shape index (κ1) is 15.3. The number of piperidine rings is 1. The van der Waals surface area contributed by atoms with Crippen molar-refractivity contribution in [3.63, 3.8) is 0 Å². The van der Waals surface area contributed by atoms with E-state index in [1.54, 1.807) is 0 Å². The Morgan fingerprint density at radius 3 is 2.76 bits per heavy atom. The molecule has 0 bridgehead atoms. The van der Waals surface area contributed by atoms with E-state index in [1.807, 2.05) is 0 Å². The molecule has 0 spiro atoms. The Morgan fingerprint density at radius 1 is 1.41 bits per heavy atom. The van der Waals surface area contributed by atoms with Crippen LogP contribution in [0.25, 0.3) is 0 Å². The van der Waals surface area contributed by atoms with Crippen molar-refractivity contribution in [1.82, 2.24) is 10.2 Å². The molecule has 1 N–H and O–H groups in total. The van der Waals surface area contributed by atoms with Crippen molar-refractivity contribution in [1.29, 1.82) is 0 Å². The molecule has 3 atom stereocenters. The Bertz CT molecular complexity index is 199. The predicted octanol–water partition coefficient (Wildman–Crippen LogP) is 2.84. The Hall–Kier alpha value is 0.270. The lowest BCUT2D eigenvalue weighted by molar-refractivity contribution is 0.120. The van der Waals surface area contributed by atoms with Gasteiger partial charge < -0.3 is 5.32 Å². The molecule has 0 amide bonds. The van der Waals surface area contributed by atoms with Crippen LogP contribution in [0.5, 0.6) is 0 Å². The van der Waals surface area contributed by atoms with Crippen LogP contribution in [0, 0.1) is 5.92 Å². The number of likely N-dealkylation sites (tertiary alicyclic amines) is 1. The van der Waals surface area contributed by atoms with Gasteiger partial charge in [0.2, 0.25) is 0 Å². The van der Waals surface area contributed by atoms with Crippen molar-refractivity contribution in [3.8, 4) is 0 Å². The standard InChI is InChI=1S/C14H30N2S/c1-5-8-15-14-7-9-16(10-12(14)3)13(4)11-17-6-2/h12-15H,5-11H2,1-4H3. The van der Waals surface area contributed by atoms with Crippen LogP contribution in [-0.4, -0.2) is 48.1 Å². The Morgan fingerprint density at radius 2 is 2.18 bits per heavy atom. The third-order valence-electron chi connectivity index (χ3n) is 3.78. The molecule has 0 aromatic heterocycles. The molecule has 0 aliphatic carbocycles. The quantitative estimate of drug-likeness (QED) is 0.756. The second-order valence-corrected chi connectivity index (χ2v) is 6.65. The topological polar surface area (TPSA) is 15.3 Å². The number of nitrogens with zero attached hydrogens (tertiary/aromatic N) is 1. The van der Waals surface area contributed by atoms with Gasteiger partial charge in [0.15, 0.2) is 0 Å². The monoisotopic (exact) mass is 258 g/mol. The van der Waals surface area contributed by atoms with Crippen LogP contribution in [0.1, 0.15) is 40.5 Å². The van der Waals surface area contributed by atoms with E-state index in [2.05, 4.69) is 49.7 Å². The smallest absolute Gasteiger partial charge is 0.0158 e.